The van der Waals surface area contributed by atoms with Crippen molar-refractivity contribution >= 4 is 5.57 Å². The number of phenolic OH excluding ortho intramolecular Hbond substituents is 1. The van der Waals surface area contributed by atoms with Crippen molar-refractivity contribution in [3.63, 3.8) is 0 Å². The second-order valence-electron chi connectivity index (χ2n) is 13.3. The van der Waals surface area contributed by atoms with Crippen molar-refractivity contribution in [1.29, 1.82) is 0 Å². The molecule has 3 aliphatic carbocycles. The lowest BCUT2D eigenvalue weighted by atomic mass is 9.69. The van der Waals surface area contributed by atoms with Crippen molar-refractivity contribution in [3.05, 3.63) is 70.3 Å². The van der Waals surface area contributed by atoms with Crippen molar-refractivity contribution in [2.75, 3.05) is 0 Å². The van der Waals surface area contributed by atoms with Crippen LogP contribution in [0.2, 0.25) is 0 Å². The molecule has 5 rings (SSSR count). The van der Waals surface area contributed by atoms with E-state index >= 15 is 0 Å². The van der Waals surface area contributed by atoms with Crippen molar-refractivity contribution in [1.82, 2.24) is 0 Å². The number of halogens is 4. The molecule has 0 bridgehead atoms. The number of hydrogen-bond donors (Lipinski definition) is 2. The third kappa shape index (κ3) is 6.90. The lowest BCUT2D eigenvalue weighted by Crippen LogP contribution is -2.24. The second-order valence-corrected chi connectivity index (χ2v) is 13.3. The third-order valence-corrected chi connectivity index (χ3v) is 10.8. The molecule has 42 heavy (non-hydrogen) atoms. The van der Waals surface area contributed by atoms with Gasteiger partial charge in [0.25, 0.3) is 0 Å². The summed E-state index contributed by atoms with van der Waals surface area (Å²) >= 11 is 0. The molecular formula is C36H46F4O2. The minimum atomic E-state index is -1.17. The van der Waals surface area contributed by atoms with Gasteiger partial charge < -0.3 is 10.2 Å². The van der Waals surface area contributed by atoms with Gasteiger partial charge in [0.15, 0.2) is 23.2 Å². The van der Waals surface area contributed by atoms with E-state index in [9.17, 15) is 27.8 Å². The smallest absolute Gasteiger partial charge is 0.200 e. The highest BCUT2D eigenvalue weighted by atomic mass is 19.2. The van der Waals surface area contributed by atoms with Crippen LogP contribution in [0.5, 0.6) is 5.75 Å². The molecule has 2 aromatic carbocycles. The molecule has 0 aliphatic heterocycles. The second kappa shape index (κ2) is 14.0. The third-order valence-electron chi connectivity index (χ3n) is 10.8. The van der Waals surface area contributed by atoms with Crippen LogP contribution in [-0.2, 0) is 0 Å². The first kappa shape index (κ1) is 31.1. The van der Waals surface area contributed by atoms with Gasteiger partial charge in [-0.2, -0.15) is 4.39 Å². The quantitative estimate of drug-likeness (QED) is 0.287. The molecule has 0 amide bonds. The van der Waals surface area contributed by atoms with E-state index in [4.69, 9.17) is 0 Å². The van der Waals surface area contributed by atoms with Crippen LogP contribution in [0.1, 0.15) is 132 Å². The maximum atomic E-state index is 14.9. The Balaban J connectivity index is 1.04. The fraction of sp³-hybridized carbons (Fsp3) is 0.611. The topological polar surface area (TPSA) is 40.5 Å². The first-order chi connectivity index (χ1) is 20.3. The first-order valence-corrected chi connectivity index (χ1v) is 16.3. The number of aromatic hydroxyl groups is 1. The van der Waals surface area contributed by atoms with Crippen LogP contribution in [0.15, 0.2) is 30.3 Å². The summed E-state index contributed by atoms with van der Waals surface area (Å²) in [7, 11) is 0. The lowest BCUT2D eigenvalue weighted by molar-refractivity contribution is 0.160. The normalized spacial score (nSPS) is 27.5. The number of aliphatic hydroxyl groups excluding tert-OH is 1. The maximum absolute atomic E-state index is 14.9. The minimum Gasteiger partial charge on any atom is -0.505 e. The zero-order chi connectivity index (χ0) is 29.8. The maximum Gasteiger partial charge on any atom is 0.200 e. The SMILES string of the molecule is CCCC(O)c1ccc(C2CCC(CCC3CCC(C4CC=C(c5ccc(O)c(F)c5F)CC4)CC3)CC2)c(F)c1F. The highest BCUT2D eigenvalue weighted by molar-refractivity contribution is 5.67. The van der Waals surface area contributed by atoms with Gasteiger partial charge in [0.2, 0.25) is 5.82 Å². The monoisotopic (exact) mass is 586 g/mol. The molecule has 0 saturated heterocycles. The highest BCUT2D eigenvalue weighted by Crippen LogP contribution is 2.45. The van der Waals surface area contributed by atoms with Crippen molar-refractivity contribution in [2.24, 2.45) is 23.7 Å². The molecule has 2 aromatic rings. The van der Waals surface area contributed by atoms with Gasteiger partial charge in [-0.25, -0.2) is 13.2 Å². The number of hydrogen-bond acceptors (Lipinski definition) is 2. The standard InChI is InChI=1S/C36H46F4O2/c1-2-3-31(41)30-19-18-28(33(37)35(30)39)26-12-8-23(9-13-26)5-4-22-6-10-24(11-7-22)25-14-16-27(17-15-25)29-20-21-32(42)36(40)34(29)38/h16,18-26,31,41-42H,2-15,17H2,1H3. The fourth-order valence-corrected chi connectivity index (χ4v) is 8.08. The summed E-state index contributed by atoms with van der Waals surface area (Å²) in [6.07, 6.45) is 16.3. The van der Waals surface area contributed by atoms with E-state index in [1.807, 2.05) is 6.92 Å². The molecule has 2 atom stereocenters. The molecule has 0 aromatic heterocycles. The van der Waals surface area contributed by atoms with Gasteiger partial charge in [-0.3, -0.25) is 0 Å². The summed E-state index contributed by atoms with van der Waals surface area (Å²) in [6.45, 7) is 1.91. The van der Waals surface area contributed by atoms with E-state index in [0.717, 1.165) is 56.4 Å². The molecule has 0 spiro atoms. The van der Waals surface area contributed by atoms with Crippen LogP contribution in [-0.4, -0.2) is 10.2 Å². The summed E-state index contributed by atoms with van der Waals surface area (Å²) < 4.78 is 57.8. The molecule has 2 nitrogen and oxygen atoms in total. The van der Waals surface area contributed by atoms with Crippen LogP contribution in [0, 0.1) is 46.9 Å². The largest absolute Gasteiger partial charge is 0.505 e. The Morgan fingerprint density at radius 2 is 1.40 bits per heavy atom. The van der Waals surface area contributed by atoms with Crippen molar-refractivity contribution < 1.29 is 27.8 Å². The van der Waals surface area contributed by atoms with E-state index in [1.54, 1.807) is 12.1 Å². The van der Waals surface area contributed by atoms with E-state index in [2.05, 4.69) is 6.08 Å². The number of phenols is 1. The fourth-order valence-electron chi connectivity index (χ4n) is 8.08. The molecule has 2 fully saturated rings. The Labute approximate surface area is 248 Å². The molecule has 3 aliphatic rings. The molecule has 0 radical (unpaired) electrons. The molecule has 6 heteroatoms. The summed E-state index contributed by atoms with van der Waals surface area (Å²) in [5.41, 5.74) is 1.68. The van der Waals surface area contributed by atoms with Crippen LogP contribution in [0.4, 0.5) is 17.6 Å². The average molecular weight is 587 g/mol. The van der Waals surface area contributed by atoms with Gasteiger partial charge >= 0.3 is 0 Å². The lowest BCUT2D eigenvalue weighted by Gasteiger charge is -2.36. The molecular weight excluding hydrogens is 540 g/mol. The van der Waals surface area contributed by atoms with Crippen molar-refractivity contribution in [3.8, 4) is 5.75 Å². The highest BCUT2D eigenvalue weighted by Gasteiger charge is 2.31. The van der Waals surface area contributed by atoms with Crippen molar-refractivity contribution in [2.45, 2.75) is 115 Å². The molecule has 2 unspecified atom stereocenters. The molecule has 230 valence electrons. The van der Waals surface area contributed by atoms with Gasteiger partial charge in [-0.1, -0.05) is 57.2 Å². The summed E-state index contributed by atoms with van der Waals surface area (Å²) in [5, 5.41) is 19.6. The molecule has 0 heterocycles. The molecule has 2 N–H and O–H groups in total. The summed E-state index contributed by atoms with van der Waals surface area (Å²) in [6, 6.07) is 5.99. The Kier molecular flexibility index (Phi) is 10.3. The Bertz CT molecular complexity index is 1240. The summed E-state index contributed by atoms with van der Waals surface area (Å²) in [4.78, 5) is 0. The van der Waals surface area contributed by atoms with E-state index in [-0.39, 0.29) is 17.0 Å². The number of rotatable bonds is 9. The number of allylic oxidation sites excluding steroid dienone is 2. The van der Waals surface area contributed by atoms with E-state index < -0.39 is 35.1 Å². The van der Waals surface area contributed by atoms with E-state index in [1.165, 1.54) is 50.7 Å². The average Bonchev–Trinajstić information content (AvgIpc) is 3.01. The number of benzene rings is 2. The van der Waals surface area contributed by atoms with Gasteiger partial charge in [-0.15, -0.1) is 0 Å². The Hall–Kier alpha value is -2.34. The minimum absolute atomic E-state index is 0.0539. The van der Waals surface area contributed by atoms with Gasteiger partial charge in [0, 0.05) is 11.1 Å². The van der Waals surface area contributed by atoms with Gasteiger partial charge in [0.1, 0.15) is 0 Å². The predicted molar refractivity (Wildman–Crippen MR) is 159 cm³/mol. The molecule has 2 saturated carbocycles. The Morgan fingerprint density at radius 3 is 2.02 bits per heavy atom. The summed E-state index contributed by atoms with van der Waals surface area (Å²) in [5.74, 6) is -1.64. The van der Waals surface area contributed by atoms with Gasteiger partial charge in [0.05, 0.1) is 6.10 Å². The van der Waals surface area contributed by atoms with Gasteiger partial charge in [-0.05, 0) is 117 Å². The zero-order valence-electron chi connectivity index (χ0n) is 24.9. The Morgan fingerprint density at radius 1 is 0.738 bits per heavy atom. The zero-order valence-corrected chi connectivity index (χ0v) is 24.9. The van der Waals surface area contributed by atoms with Crippen LogP contribution < -0.4 is 0 Å². The van der Waals surface area contributed by atoms with Crippen LogP contribution >= 0.6 is 0 Å². The van der Waals surface area contributed by atoms with Crippen LogP contribution in [0.25, 0.3) is 5.57 Å². The first-order valence-electron chi connectivity index (χ1n) is 16.3. The number of aliphatic hydroxyl groups is 1. The van der Waals surface area contributed by atoms with Crippen LogP contribution in [0.3, 0.4) is 0 Å². The predicted octanol–water partition coefficient (Wildman–Crippen LogP) is 10.5. The van der Waals surface area contributed by atoms with E-state index in [0.29, 0.717) is 36.2 Å².